The molecule has 1 aromatic carbocycles. The van der Waals surface area contributed by atoms with E-state index in [2.05, 4.69) is 30.4 Å². The zero-order valence-electron chi connectivity index (χ0n) is 16.5. The Kier molecular flexibility index (Phi) is 4.76. The number of carbonyl (C=O) groups excluding carboxylic acids is 1. The van der Waals surface area contributed by atoms with Gasteiger partial charge in [-0.15, -0.1) is 0 Å². The summed E-state index contributed by atoms with van der Waals surface area (Å²) in [5, 5.41) is 10.8. The number of pyridine rings is 1. The molecule has 4 N–H and O–H groups in total. The van der Waals surface area contributed by atoms with E-state index in [4.69, 9.17) is 5.73 Å². The summed E-state index contributed by atoms with van der Waals surface area (Å²) in [5.74, 6) is 0.665. The van der Waals surface area contributed by atoms with Crippen LogP contribution < -0.4 is 16.0 Å². The molecule has 8 heteroatoms. The average Bonchev–Trinajstić information content (AvgIpc) is 3.44. The van der Waals surface area contributed by atoms with Crippen LogP contribution in [-0.4, -0.2) is 53.0 Å². The molecule has 30 heavy (non-hydrogen) atoms. The predicted octanol–water partition coefficient (Wildman–Crippen LogP) is 2.61. The number of benzene rings is 1. The van der Waals surface area contributed by atoms with Crippen molar-refractivity contribution in [2.75, 3.05) is 29.9 Å². The van der Waals surface area contributed by atoms with Gasteiger partial charge in [-0.25, -0.2) is 4.98 Å². The van der Waals surface area contributed by atoms with Crippen molar-refractivity contribution in [1.82, 2.24) is 15.2 Å². The fourth-order valence-electron chi connectivity index (χ4n) is 3.92. The van der Waals surface area contributed by atoms with Gasteiger partial charge in [-0.1, -0.05) is 12.1 Å². The third kappa shape index (κ3) is 3.57. The number of nitrogens with zero attached hydrogens (tertiary/aromatic N) is 4. The fourth-order valence-corrected chi connectivity index (χ4v) is 3.92. The Balaban J connectivity index is 1.38. The van der Waals surface area contributed by atoms with Crippen molar-refractivity contribution >= 4 is 40.1 Å². The highest BCUT2D eigenvalue weighted by Gasteiger charge is 2.17. The van der Waals surface area contributed by atoms with Gasteiger partial charge in [0, 0.05) is 30.7 Å². The fraction of sp³-hybridized carbons (Fsp3) is 0.273. The van der Waals surface area contributed by atoms with Crippen LogP contribution in [0.25, 0.3) is 16.5 Å². The molecule has 8 nitrogen and oxygen atoms in total. The van der Waals surface area contributed by atoms with Crippen LogP contribution in [0.3, 0.4) is 0 Å². The summed E-state index contributed by atoms with van der Waals surface area (Å²) in [7, 11) is 0. The van der Waals surface area contributed by atoms with E-state index < -0.39 is 0 Å². The number of carbonyl (C=O) groups is 1. The summed E-state index contributed by atoms with van der Waals surface area (Å²) in [6.45, 7) is 2.66. The molecule has 1 amide bonds. The maximum absolute atomic E-state index is 12.9. The average molecular weight is 401 g/mol. The van der Waals surface area contributed by atoms with Gasteiger partial charge in [-0.05, 0) is 48.2 Å². The molecule has 5 rings (SSSR count). The van der Waals surface area contributed by atoms with E-state index in [1.165, 1.54) is 12.8 Å². The molecule has 1 fully saturated rings. The Bertz CT molecular complexity index is 1140. The number of rotatable bonds is 4. The minimum atomic E-state index is -0.280. The molecule has 0 spiro atoms. The molecule has 152 valence electrons. The van der Waals surface area contributed by atoms with Gasteiger partial charge >= 0.3 is 0 Å². The van der Waals surface area contributed by atoms with E-state index in [-0.39, 0.29) is 11.9 Å². The summed E-state index contributed by atoms with van der Waals surface area (Å²) in [4.78, 5) is 23.9. The minimum absolute atomic E-state index is 0.0937. The first kappa shape index (κ1) is 18.5. The zero-order valence-corrected chi connectivity index (χ0v) is 16.5. The summed E-state index contributed by atoms with van der Waals surface area (Å²) in [6.07, 6.45) is 7.89. The second-order valence-corrected chi connectivity index (χ2v) is 7.67. The van der Waals surface area contributed by atoms with Gasteiger partial charge in [0.05, 0.1) is 23.9 Å². The standard InChI is InChI=1S/C22H23N7O/c23-16-9-15(11-24-12-16)14-3-5-19-18(10-14)21(28-27-19)22(30)26-17-4-6-20(25-13-17)29-7-1-2-8-29/h3-6,9-11,13,16H,1-2,7-8,12,23H2,(H,26,30)(H,27,28). The van der Waals surface area contributed by atoms with Crippen LogP contribution in [0.1, 0.15) is 28.9 Å². The number of amides is 1. The van der Waals surface area contributed by atoms with Crippen molar-refractivity contribution in [2.45, 2.75) is 18.9 Å². The third-order valence-electron chi connectivity index (χ3n) is 5.49. The Morgan fingerprint density at radius 3 is 2.83 bits per heavy atom. The maximum Gasteiger partial charge on any atom is 0.276 e. The van der Waals surface area contributed by atoms with E-state index in [1.54, 1.807) is 6.20 Å². The van der Waals surface area contributed by atoms with Crippen LogP contribution in [0, 0.1) is 0 Å². The molecule has 2 aliphatic heterocycles. The number of allylic oxidation sites excluding steroid dienone is 1. The smallest absolute Gasteiger partial charge is 0.276 e. The van der Waals surface area contributed by atoms with Gasteiger partial charge in [0.2, 0.25) is 0 Å². The molecule has 3 aromatic rings. The number of nitrogens with two attached hydrogens (primary N) is 1. The second kappa shape index (κ2) is 7.72. The summed E-state index contributed by atoms with van der Waals surface area (Å²) in [6, 6.07) is 9.56. The molecule has 0 aliphatic carbocycles. The summed E-state index contributed by atoms with van der Waals surface area (Å²) < 4.78 is 0. The topological polar surface area (TPSA) is 112 Å². The van der Waals surface area contributed by atoms with Crippen LogP contribution >= 0.6 is 0 Å². The van der Waals surface area contributed by atoms with E-state index in [1.807, 2.05) is 42.6 Å². The lowest BCUT2D eigenvalue weighted by Crippen LogP contribution is -2.23. The van der Waals surface area contributed by atoms with Crippen molar-refractivity contribution in [3.63, 3.8) is 0 Å². The monoisotopic (exact) mass is 401 g/mol. The Labute approximate surface area is 173 Å². The number of hydrogen-bond donors (Lipinski definition) is 3. The lowest BCUT2D eigenvalue weighted by molar-refractivity contribution is 0.102. The molecule has 0 saturated carbocycles. The third-order valence-corrected chi connectivity index (χ3v) is 5.49. The van der Waals surface area contributed by atoms with E-state index in [0.29, 0.717) is 17.9 Å². The number of anilines is 2. The van der Waals surface area contributed by atoms with Crippen molar-refractivity contribution < 1.29 is 4.79 Å². The molecule has 1 unspecified atom stereocenters. The van der Waals surface area contributed by atoms with Crippen LogP contribution in [0.5, 0.6) is 0 Å². The first-order valence-corrected chi connectivity index (χ1v) is 10.2. The molecule has 4 heterocycles. The number of aliphatic imine (C=N–C) groups is 1. The molecule has 0 radical (unpaired) electrons. The molecular weight excluding hydrogens is 378 g/mol. The molecule has 2 aliphatic rings. The molecular formula is C22H23N7O. The number of nitrogens with one attached hydrogen (secondary N) is 2. The highest BCUT2D eigenvalue weighted by atomic mass is 16.1. The number of aromatic amines is 1. The van der Waals surface area contributed by atoms with Crippen LogP contribution in [0.15, 0.2) is 47.6 Å². The first-order valence-electron chi connectivity index (χ1n) is 10.2. The van der Waals surface area contributed by atoms with Gasteiger partial charge in [0.1, 0.15) is 5.82 Å². The van der Waals surface area contributed by atoms with Crippen LogP contribution in [0.2, 0.25) is 0 Å². The zero-order chi connectivity index (χ0) is 20.5. The van der Waals surface area contributed by atoms with Crippen molar-refractivity contribution in [3.8, 4) is 0 Å². The quantitative estimate of drug-likeness (QED) is 0.622. The van der Waals surface area contributed by atoms with Gasteiger partial charge in [-0.2, -0.15) is 5.10 Å². The van der Waals surface area contributed by atoms with Gasteiger partial charge in [0.25, 0.3) is 5.91 Å². The summed E-state index contributed by atoms with van der Waals surface area (Å²) >= 11 is 0. The molecule has 1 atom stereocenters. The molecule has 2 aromatic heterocycles. The van der Waals surface area contributed by atoms with Crippen molar-refractivity contribution in [1.29, 1.82) is 0 Å². The predicted molar refractivity (Wildman–Crippen MR) is 119 cm³/mol. The Morgan fingerprint density at radius 1 is 1.20 bits per heavy atom. The first-order chi connectivity index (χ1) is 14.7. The number of H-pyrrole nitrogens is 1. The Hall–Kier alpha value is -3.52. The number of hydrogen-bond acceptors (Lipinski definition) is 6. The van der Waals surface area contributed by atoms with Crippen LogP contribution in [0.4, 0.5) is 11.5 Å². The molecule has 0 bridgehead atoms. The van der Waals surface area contributed by atoms with E-state index in [9.17, 15) is 4.79 Å². The van der Waals surface area contributed by atoms with E-state index >= 15 is 0 Å². The lowest BCUT2D eigenvalue weighted by Gasteiger charge is -2.16. The highest BCUT2D eigenvalue weighted by molar-refractivity contribution is 6.14. The molecule has 1 saturated heterocycles. The number of fused-ring (bicyclic) bond motifs is 1. The summed E-state index contributed by atoms with van der Waals surface area (Å²) in [5.41, 5.74) is 9.67. The van der Waals surface area contributed by atoms with Gasteiger partial charge in [0.15, 0.2) is 5.69 Å². The minimum Gasteiger partial charge on any atom is -0.357 e. The van der Waals surface area contributed by atoms with Gasteiger partial charge in [-0.3, -0.25) is 14.9 Å². The van der Waals surface area contributed by atoms with Crippen molar-refractivity contribution in [2.24, 2.45) is 10.7 Å². The highest BCUT2D eigenvalue weighted by Crippen LogP contribution is 2.24. The normalized spacial score (nSPS) is 18.6. The number of dihydropyridines is 1. The van der Waals surface area contributed by atoms with Gasteiger partial charge < -0.3 is 16.0 Å². The van der Waals surface area contributed by atoms with E-state index in [0.717, 1.165) is 40.9 Å². The Morgan fingerprint density at radius 2 is 2.07 bits per heavy atom. The SMILES string of the molecule is NC1C=C(c2ccc3[nH]nc(C(=O)Nc4ccc(N5CCCC5)nc4)c3c2)C=NC1. The van der Waals surface area contributed by atoms with Crippen molar-refractivity contribution in [3.05, 3.63) is 53.9 Å². The lowest BCUT2D eigenvalue weighted by atomic mass is 10.0. The largest absolute Gasteiger partial charge is 0.357 e. The number of aromatic nitrogens is 3. The van der Waals surface area contributed by atoms with Crippen LogP contribution in [-0.2, 0) is 0 Å². The maximum atomic E-state index is 12.9. The second-order valence-electron chi connectivity index (χ2n) is 7.67.